The number of aliphatic hydroxyl groups excluding tert-OH is 8. The van der Waals surface area contributed by atoms with Crippen molar-refractivity contribution in [1.29, 1.82) is 0 Å². The molecule has 2 fully saturated rings. The molecule has 0 amide bonds. The highest BCUT2D eigenvalue weighted by molar-refractivity contribution is 4.93. The van der Waals surface area contributed by atoms with Gasteiger partial charge < -0.3 is 55.1 Å². The minimum atomic E-state index is -1.74. The van der Waals surface area contributed by atoms with Gasteiger partial charge in [0.2, 0.25) is 0 Å². The van der Waals surface area contributed by atoms with Crippen molar-refractivity contribution < 1.29 is 55.1 Å². The predicted molar refractivity (Wildman–Crippen MR) is 68.6 cm³/mol. The van der Waals surface area contributed by atoms with E-state index in [1.807, 2.05) is 0 Å². The number of hydrogen-bond donors (Lipinski definition) is 8. The highest BCUT2D eigenvalue weighted by atomic mass is 16.7. The maximum Gasteiger partial charge on any atom is 0.187 e. The maximum atomic E-state index is 9.94. The van der Waals surface area contributed by atoms with Crippen LogP contribution in [0.15, 0.2) is 0 Å². The van der Waals surface area contributed by atoms with Gasteiger partial charge in [-0.25, -0.2) is 0 Å². The molecule has 0 unspecified atom stereocenters. The molecule has 0 aromatic carbocycles. The van der Waals surface area contributed by atoms with Crippen LogP contribution >= 0.6 is 0 Å². The third-order valence-electron chi connectivity index (χ3n) is 3.98. The molecule has 2 aliphatic heterocycles. The van der Waals surface area contributed by atoms with Gasteiger partial charge in [0.05, 0.1) is 13.2 Å². The van der Waals surface area contributed by atoms with Crippen molar-refractivity contribution in [1.82, 2.24) is 0 Å². The maximum absolute atomic E-state index is 9.94. The molecule has 136 valence electrons. The van der Waals surface area contributed by atoms with Crippen LogP contribution in [-0.4, -0.2) is 115 Å². The molecule has 8 N–H and O–H groups in total. The van der Waals surface area contributed by atoms with Gasteiger partial charge in [-0.1, -0.05) is 0 Å². The van der Waals surface area contributed by atoms with Gasteiger partial charge in [-0.2, -0.15) is 0 Å². The van der Waals surface area contributed by atoms with E-state index in [1.54, 1.807) is 0 Å². The normalized spacial score (nSPS) is 51.7. The standard InChI is InChI=1S/C12H22O11/c13-1-3-5(15)6(16)9(19)12(22-3)23-10-4(2-14)21-11(20)8(18)7(10)17/h3-20H,1-2H2/t3-,4+,5+,6-,7+,8-,9-,10+,11+,12+/m0/s1. The predicted octanol–water partition coefficient (Wildman–Crippen LogP) is -5.40. The van der Waals surface area contributed by atoms with E-state index in [4.69, 9.17) is 19.3 Å². The summed E-state index contributed by atoms with van der Waals surface area (Å²) in [7, 11) is 0. The zero-order valence-corrected chi connectivity index (χ0v) is 12.0. The number of hydrogen-bond acceptors (Lipinski definition) is 11. The average Bonchev–Trinajstić information content (AvgIpc) is 2.55. The lowest BCUT2D eigenvalue weighted by atomic mass is 9.97. The van der Waals surface area contributed by atoms with Crippen molar-refractivity contribution in [2.24, 2.45) is 0 Å². The first-order chi connectivity index (χ1) is 10.8. The van der Waals surface area contributed by atoms with Crippen LogP contribution in [0.2, 0.25) is 0 Å². The van der Waals surface area contributed by atoms with Crippen LogP contribution in [0.1, 0.15) is 0 Å². The van der Waals surface area contributed by atoms with E-state index in [0.717, 1.165) is 0 Å². The molecule has 2 aliphatic rings. The first-order valence-corrected chi connectivity index (χ1v) is 7.08. The summed E-state index contributed by atoms with van der Waals surface area (Å²) in [6.45, 7) is -1.35. The topological polar surface area (TPSA) is 190 Å². The molecule has 11 nitrogen and oxygen atoms in total. The second-order valence-corrected chi connectivity index (χ2v) is 5.53. The minimum Gasteiger partial charge on any atom is -0.394 e. The molecule has 2 saturated heterocycles. The Morgan fingerprint density at radius 3 is 1.83 bits per heavy atom. The Morgan fingerprint density at radius 2 is 1.26 bits per heavy atom. The molecule has 11 heteroatoms. The molecule has 0 radical (unpaired) electrons. The van der Waals surface area contributed by atoms with Crippen LogP contribution in [0.3, 0.4) is 0 Å². The van der Waals surface area contributed by atoms with Crippen molar-refractivity contribution in [3.05, 3.63) is 0 Å². The Kier molecular flexibility index (Phi) is 6.27. The van der Waals surface area contributed by atoms with Crippen molar-refractivity contribution in [3.63, 3.8) is 0 Å². The van der Waals surface area contributed by atoms with Crippen molar-refractivity contribution >= 4 is 0 Å². The van der Waals surface area contributed by atoms with Gasteiger partial charge in [-0.15, -0.1) is 0 Å². The zero-order valence-electron chi connectivity index (χ0n) is 12.0. The van der Waals surface area contributed by atoms with E-state index in [1.165, 1.54) is 0 Å². The molecule has 0 bridgehead atoms. The summed E-state index contributed by atoms with van der Waals surface area (Å²) in [5.41, 5.74) is 0. The van der Waals surface area contributed by atoms with Gasteiger partial charge in [-0.3, -0.25) is 0 Å². The van der Waals surface area contributed by atoms with Crippen LogP contribution in [-0.2, 0) is 14.2 Å². The molecule has 0 aliphatic carbocycles. The van der Waals surface area contributed by atoms with E-state index < -0.39 is 74.6 Å². The van der Waals surface area contributed by atoms with E-state index in [-0.39, 0.29) is 0 Å². The Labute approximate surface area is 130 Å². The largest absolute Gasteiger partial charge is 0.394 e. The molecule has 23 heavy (non-hydrogen) atoms. The van der Waals surface area contributed by atoms with Gasteiger partial charge in [0.1, 0.15) is 48.8 Å². The quantitative estimate of drug-likeness (QED) is 0.243. The lowest BCUT2D eigenvalue weighted by molar-refractivity contribution is -0.355. The zero-order chi connectivity index (χ0) is 17.3. The molecular weight excluding hydrogens is 320 g/mol. The SMILES string of the molecule is OC[C@@H]1O[C@H](O[C@H]2[C@H](O)[C@H](O)[C@H](O)O[C@@H]2CO)[C@@H](O)[C@@H](O)[C@@H]1O. The molecule has 2 rings (SSSR count). The fourth-order valence-electron chi connectivity index (χ4n) is 2.57. The molecule has 0 spiro atoms. The molecule has 0 saturated carbocycles. The van der Waals surface area contributed by atoms with E-state index >= 15 is 0 Å². The highest BCUT2D eigenvalue weighted by Crippen LogP contribution is 2.28. The fraction of sp³-hybridized carbons (Fsp3) is 1.00. The lowest BCUT2D eigenvalue weighted by Gasteiger charge is -2.45. The summed E-state index contributed by atoms with van der Waals surface area (Å²) in [6, 6.07) is 0. The third kappa shape index (κ3) is 3.65. The van der Waals surface area contributed by atoms with Gasteiger partial charge in [-0.05, 0) is 0 Å². The summed E-state index contributed by atoms with van der Waals surface area (Å²) >= 11 is 0. The van der Waals surface area contributed by atoms with Crippen molar-refractivity contribution in [2.45, 2.75) is 61.4 Å². The second kappa shape index (κ2) is 7.63. The summed E-state index contributed by atoms with van der Waals surface area (Å²) in [5.74, 6) is 0. The average molecular weight is 342 g/mol. The molecule has 0 aromatic heterocycles. The summed E-state index contributed by atoms with van der Waals surface area (Å²) in [4.78, 5) is 0. The van der Waals surface area contributed by atoms with Gasteiger partial charge in [0, 0.05) is 0 Å². The number of rotatable bonds is 4. The first kappa shape index (κ1) is 18.9. The lowest BCUT2D eigenvalue weighted by Crippen LogP contribution is -2.64. The number of aliphatic hydroxyl groups is 8. The summed E-state index contributed by atoms with van der Waals surface area (Å²) < 4.78 is 15.3. The van der Waals surface area contributed by atoms with E-state index in [9.17, 15) is 35.7 Å². The van der Waals surface area contributed by atoms with Gasteiger partial charge >= 0.3 is 0 Å². The Morgan fingerprint density at radius 1 is 0.652 bits per heavy atom. The summed E-state index contributed by atoms with van der Waals surface area (Å²) in [6.07, 6.45) is -15.6. The van der Waals surface area contributed by atoms with E-state index in [0.29, 0.717) is 0 Å². The Balaban J connectivity index is 2.11. The fourth-order valence-corrected chi connectivity index (χ4v) is 2.57. The van der Waals surface area contributed by atoms with Gasteiger partial charge in [0.15, 0.2) is 12.6 Å². The van der Waals surface area contributed by atoms with E-state index in [2.05, 4.69) is 0 Å². The van der Waals surface area contributed by atoms with Crippen LogP contribution < -0.4 is 0 Å². The van der Waals surface area contributed by atoms with Crippen LogP contribution in [0, 0.1) is 0 Å². The second-order valence-electron chi connectivity index (χ2n) is 5.53. The molecule has 10 atom stereocenters. The van der Waals surface area contributed by atoms with Crippen molar-refractivity contribution in [2.75, 3.05) is 13.2 Å². The molecular formula is C12H22O11. The molecule has 2 heterocycles. The highest BCUT2D eigenvalue weighted by Gasteiger charge is 2.50. The third-order valence-corrected chi connectivity index (χ3v) is 3.98. The van der Waals surface area contributed by atoms with Gasteiger partial charge in [0.25, 0.3) is 0 Å². The first-order valence-electron chi connectivity index (χ1n) is 7.08. The molecule has 0 aromatic rings. The monoisotopic (exact) mass is 342 g/mol. The minimum absolute atomic E-state index is 0.667. The Bertz CT molecular complexity index is 378. The van der Waals surface area contributed by atoms with Crippen LogP contribution in [0.25, 0.3) is 0 Å². The van der Waals surface area contributed by atoms with Crippen LogP contribution in [0.4, 0.5) is 0 Å². The Hall–Kier alpha value is -0.440. The number of ether oxygens (including phenoxy) is 3. The smallest absolute Gasteiger partial charge is 0.187 e. The summed E-state index contributed by atoms with van der Waals surface area (Å²) in [5, 5.41) is 76.5. The van der Waals surface area contributed by atoms with Crippen LogP contribution in [0.5, 0.6) is 0 Å². The van der Waals surface area contributed by atoms with Crippen molar-refractivity contribution in [3.8, 4) is 0 Å².